The molecule has 1 saturated carbocycles. The first kappa shape index (κ1) is 19.2. The number of hydrogen-bond acceptors (Lipinski definition) is 5. The van der Waals surface area contributed by atoms with Crippen LogP contribution in [0, 0.1) is 11.8 Å². The molecule has 0 spiro atoms. The number of halogens is 1. The molecule has 0 radical (unpaired) electrons. The first-order valence-corrected chi connectivity index (χ1v) is 9.31. The standard InChI is InChI=1S/C14H23N5O3S.ClH/c1-9(17-23(21,22)11-5-16-18(2)7-11)14(20)19-6-10-3-4-13(15)12(10)8-19;/h5,7,9-10,12-13,17H,3-4,6,8,15H2,1-2H3;1H. The second kappa shape index (κ2) is 6.99. The zero-order valence-corrected chi connectivity index (χ0v) is 15.4. The minimum Gasteiger partial charge on any atom is -0.341 e. The fourth-order valence-corrected chi connectivity index (χ4v) is 4.83. The third-order valence-corrected chi connectivity index (χ3v) is 6.41. The first-order valence-electron chi connectivity index (χ1n) is 7.83. The zero-order valence-electron chi connectivity index (χ0n) is 13.8. The highest BCUT2D eigenvalue weighted by atomic mass is 35.5. The number of nitrogens with zero attached hydrogens (tertiary/aromatic N) is 3. The Hall–Kier alpha value is -1.16. The smallest absolute Gasteiger partial charge is 0.244 e. The van der Waals surface area contributed by atoms with Crippen molar-refractivity contribution in [3.05, 3.63) is 12.4 Å². The summed E-state index contributed by atoms with van der Waals surface area (Å²) in [6, 6.07) is -0.657. The van der Waals surface area contributed by atoms with Gasteiger partial charge in [-0.1, -0.05) is 0 Å². The fourth-order valence-electron chi connectivity index (χ4n) is 3.65. The van der Waals surface area contributed by atoms with E-state index in [1.54, 1.807) is 18.9 Å². The first-order chi connectivity index (χ1) is 10.8. The zero-order chi connectivity index (χ0) is 16.8. The monoisotopic (exact) mass is 377 g/mol. The highest BCUT2D eigenvalue weighted by Gasteiger charge is 2.43. The summed E-state index contributed by atoms with van der Waals surface area (Å²) in [7, 11) is -2.11. The van der Waals surface area contributed by atoms with Crippen molar-refractivity contribution in [3.63, 3.8) is 0 Å². The van der Waals surface area contributed by atoms with E-state index in [9.17, 15) is 13.2 Å². The summed E-state index contributed by atoms with van der Waals surface area (Å²) in [6.07, 6.45) is 4.73. The summed E-state index contributed by atoms with van der Waals surface area (Å²) < 4.78 is 28.4. The van der Waals surface area contributed by atoms with Gasteiger partial charge in [0.25, 0.3) is 0 Å². The number of hydrogen-bond donors (Lipinski definition) is 2. The van der Waals surface area contributed by atoms with Gasteiger partial charge in [0, 0.05) is 32.4 Å². The molecule has 1 amide bonds. The molecule has 4 unspecified atom stereocenters. The SMILES string of the molecule is CC(NS(=O)(=O)c1cnn(C)c1)C(=O)N1CC2CCC(N)C2C1.Cl. The Balaban J connectivity index is 0.00000208. The molecule has 2 aliphatic rings. The van der Waals surface area contributed by atoms with Crippen LogP contribution >= 0.6 is 12.4 Å². The van der Waals surface area contributed by atoms with E-state index in [1.807, 2.05) is 0 Å². The van der Waals surface area contributed by atoms with Gasteiger partial charge in [-0.2, -0.15) is 9.82 Å². The number of amides is 1. The lowest BCUT2D eigenvalue weighted by Gasteiger charge is -2.23. The van der Waals surface area contributed by atoms with Crippen molar-refractivity contribution in [2.24, 2.45) is 24.6 Å². The minimum atomic E-state index is -3.75. The van der Waals surface area contributed by atoms with Gasteiger partial charge in [0.2, 0.25) is 15.9 Å². The van der Waals surface area contributed by atoms with Crippen molar-refractivity contribution in [2.45, 2.75) is 36.7 Å². The van der Waals surface area contributed by atoms with Crippen LogP contribution in [-0.4, -0.2) is 54.2 Å². The number of fused-ring (bicyclic) bond motifs is 1. The summed E-state index contributed by atoms with van der Waals surface area (Å²) in [5, 5.41) is 3.85. The van der Waals surface area contributed by atoms with Gasteiger partial charge >= 0.3 is 0 Å². The highest BCUT2D eigenvalue weighted by Crippen LogP contribution is 2.37. The lowest BCUT2D eigenvalue weighted by atomic mass is 9.98. The van der Waals surface area contributed by atoms with Crippen LogP contribution in [0.5, 0.6) is 0 Å². The number of carbonyl (C=O) groups is 1. The maximum Gasteiger partial charge on any atom is 0.244 e. The number of nitrogens with one attached hydrogen (secondary N) is 1. The van der Waals surface area contributed by atoms with E-state index < -0.39 is 16.1 Å². The van der Waals surface area contributed by atoms with E-state index in [0.717, 1.165) is 12.8 Å². The normalized spacial score (nSPS) is 27.6. The molecule has 3 rings (SSSR count). The number of aromatic nitrogens is 2. The lowest BCUT2D eigenvalue weighted by molar-refractivity contribution is -0.131. The molecule has 3 N–H and O–H groups in total. The fraction of sp³-hybridized carbons (Fsp3) is 0.714. The van der Waals surface area contributed by atoms with Crippen molar-refractivity contribution >= 4 is 28.3 Å². The number of nitrogens with two attached hydrogens (primary N) is 1. The van der Waals surface area contributed by atoms with Crippen LogP contribution in [0.2, 0.25) is 0 Å². The quantitative estimate of drug-likeness (QED) is 0.748. The van der Waals surface area contributed by atoms with E-state index in [2.05, 4.69) is 9.82 Å². The predicted octanol–water partition coefficient (Wildman–Crippen LogP) is -0.296. The number of aryl methyl sites for hydroxylation is 1. The molecule has 136 valence electrons. The summed E-state index contributed by atoms with van der Waals surface area (Å²) in [6.45, 7) is 2.88. The topological polar surface area (TPSA) is 110 Å². The van der Waals surface area contributed by atoms with Gasteiger partial charge < -0.3 is 10.6 Å². The van der Waals surface area contributed by atoms with Crippen LogP contribution in [0.15, 0.2) is 17.3 Å². The van der Waals surface area contributed by atoms with Gasteiger partial charge in [0.05, 0.1) is 12.2 Å². The van der Waals surface area contributed by atoms with E-state index >= 15 is 0 Å². The third-order valence-electron chi connectivity index (χ3n) is 4.92. The second-order valence-electron chi connectivity index (χ2n) is 6.60. The Labute approximate surface area is 148 Å². The molecule has 0 aromatic carbocycles. The Morgan fingerprint density at radius 2 is 2.12 bits per heavy atom. The molecule has 1 aromatic heterocycles. The summed E-state index contributed by atoms with van der Waals surface area (Å²) in [4.78, 5) is 14.3. The van der Waals surface area contributed by atoms with Crippen molar-refractivity contribution in [3.8, 4) is 0 Å². The molecule has 1 aliphatic heterocycles. The molecule has 0 bridgehead atoms. The van der Waals surface area contributed by atoms with Crippen LogP contribution in [0.1, 0.15) is 19.8 Å². The van der Waals surface area contributed by atoms with Crippen LogP contribution in [0.4, 0.5) is 0 Å². The number of rotatable bonds is 4. The van der Waals surface area contributed by atoms with Gasteiger partial charge in [-0.05, 0) is 31.6 Å². The van der Waals surface area contributed by atoms with Gasteiger partial charge in [-0.15, -0.1) is 12.4 Å². The number of carbonyl (C=O) groups excluding carboxylic acids is 1. The molecule has 24 heavy (non-hydrogen) atoms. The summed E-state index contributed by atoms with van der Waals surface area (Å²) in [5.74, 6) is 0.608. The molecule has 2 fully saturated rings. The molecule has 4 atom stereocenters. The highest BCUT2D eigenvalue weighted by molar-refractivity contribution is 7.89. The second-order valence-corrected chi connectivity index (χ2v) is 8.32. The van der Waals surface area contributed by atoms with Crippen LogP contribution in [0.25, 0.3) is 0 Å². The predicted molar refractivity (Wildman–Crippen MR) is 91.0 cm³/mol. The average molecular weight is 378 g/mol. The van der Waals surface area contributed by atoms with E-state index in [0.29, 0.717) is 24.9 Å². The Kier molecular flexibility index (Phi) is 5.58. The molecule has 1 saturated heterocycles. The Morgan fingerprint density at radius 1 is 1.42 bits per heavy atom. The average Bonchev–Trinajstić information content (AvgIpc) is 3.16. The number of sulfonamides is 1. The molecular formula is C14H24ClN5O3S. The maximum atomic E-state index is 12.5. The van der Waals surface area contributed by atoms with E-state index in [4.69, 9.17) is 5.73 Å². The molecule has 1 aliphatic carbocycles. The lowest BCUT2D eigenvalue weighted by Crippen LogP contribution is -2.46. The van der Waals surface area contributed by atoms with Gasteiger partial charge in [0.15, 0.2) is 0 Å². The van der Waals surface area contributed by atoms with Gasteiger partial charge in [-0.25, -0.2) is 8.42 Å². The number of likely N-dealkylation sites (tertiary alicyclic amines) is 1. The summed E-state index contributed by atoms with van der Waals surface area (Å²) in [5.41, 5.74) is 6.08. The van der Waals surface area contributed by atoms with Crippen LogP contribution in [0.3, 0.4) is 0 Å². The van der Waals surface area contributed by atoms with E-state index in [-0.39, 0.29) is 29.3 Å². The van der Waals surface area contributed by atoms with Crippen molar-refractivity contribution < 1.29 is 13.2 Å². The van der Waals surface area contributed by atoms with Crippen molar-refractivity contribution in [2.75, 3.05) is 13.1 Å². The van der Waals surface area contributed by atoms with Crippen molar-refractivity contribution in [1.29, 1.82) is 0 Å². The summed E-state index contributed by atoms with van der Waals surface area (Å²) >= 11 is 0. The largest absolute Gasteiger partial charge is 0.341 e. The molecule has 2 heterocycles. The van der Waals surface area contributed by atoms with Crippen molar-refractivity contribution in [1.82, 2.24) is 19.4 Å². The molecule has 8 nitrogen and oxygen atoms in total. The van der Waals surface area contributed by atoms with Crippen LogP contribution in [-0.2, 0) is 21.9 Å². The molecular weight excluding hydrogens is 354 g/mol. The Bertz CT molecular complexity index is 707. The van der Waals surface area contributed by atoms with Crippen LogP contribution < -0.4 is 10.5 Å². The Morgan fingerprint density at radius 3 is 2.71 bits per heavy atom. The van der Waals surface area contributed by atoms with E-state index in [1.165, 1.54) is 17.1 Å². The molecule has 10 heteroatoms. The van der Waals surface area contributed by atoms with Gasteiger partial charge in [-0.3, -0.25) is 9.48 Å². The maximum absolute atomic E-state index is 12.5. The molecule has 1 aromatic rings. The minimum absolute atomic E-state index is 0. The third kappa shape index (κ3) is 3.58. The van der Waals surface area contributed by atoms with Gasteiger partial charge in [0.1, 0.15) is 4.90 Å².